The third kappa shape index (κ3) is 4.56. The number of nitrogens with two attached hydrogens (primary N) is 1. The minimum absolute atomic E-state index is 0.0720. The summed E-state index contributed by atoms with van der Waals surface area (Å²) >= 11 is 0. The first kappa shape index (κ1) is 20.7. The van der Waals surface area contributed by atoms with Gasteiger partial charge in [-0.2, -0.15) is 0 Å². The second-order valence-corrected chi connectivity index (χ2v) is 6.16. The molecule has 0 spiro atoms. The number of aromatic amines is 1. The predicted molar refractivity (Wildman–Crippen MR) is 106 cm³/mol. The van der Waals surface area contributed by atoms with E-state index in [2.05, 4.69) is 4.98 Å². The third-order valence-electron chi connectivity index (χ3n) is 4.19. The molecule has 0 radical (unpaired) electrons. The molecule has 0 bridgehead atoms. The number of benzene rings is 1. The van der Waals surface area contributed by atoms with E-state index in [1.54, 1.807) is 12.1 Å². The van der Waals surface area contributed by atoms with Gasteiger partial charge in [0.05, 0.1) is 5.56 Å². The van der Waals surface area contributed by atoms with Gasteiger partial charge in [-0.05, 0) is 30.2 Å². The molecule has 0 unspecified atom stereocenters. The minimum atomic E-state index is -1.04. The lowest BCUT2D eigenvalue weighted by molar-refractivity contribution is -0.113. The Morgan fingerprint density at radius 1 is 1.25 bits per heavy atom. The molecule has 1 aromatic heterocycles. The number of nitrogen functional groups attached to an aromatic ring is 1. The van der Waals surface area contributed by atoms with Crippen molar-refractivity contribution in [1.29, 1.82) is 0 Å². The van der Waals surface area contributed by atoms with Crippen LogP contribution in [0, 0.1) is 0 Å². The zero-order valence-corrected chi connectivity index (χ0v) is 15.6. The summed E-state index contributed by atoms with van der Waals surface area (Å²) in [5, 5.41) is 8.89. The number of hydrogen-bond acceptors (Lipinski definition) is 5. The number of carbonyl (C=O) groups excluding carboxylic acids is 1. The zero-order valence-electron chi connectivity index (χ0n) is 15.6. The number of H-pyrrole nitrogens is 1. The van der Waals surface area contributed by atoms with Crippen LogP contribution in [0.4, 0.5) is 11.5 Å². The summed E-state index contributed by atoms with van der Waals surface area (Å²) in [6, 6.07) is 5.95. The Labute approximate surface area is 160 Å². The number of aromatic carboxylic acids is 1. The van der Waals surface area contributed by atoms with Crippen LogP contribution in [-0.2, 0) is 11.3 Å². The lowest BCUT2D eigenvalue weighted by Gasteiger charge is -2.19. The van der Waals surface area contributed by atoms with Crippen LogP contribution in [0.15, 0.2) is 39.9 Å². The number of hydrogen-bond donors (Lipinski definition) is 3. The van der Waals surface area contributed by atoms with E-state index in [1.165, 1.54) is 35.9 Å². The Hall–Kier alpha value is -3.62. The van der Waals surface area contributed by atoms with Crippen molar-refractivity contribution in [2.24, 2.45) is 0 Å². The average molecular weight is 386 g/mol. The van der Waals surface area contributed by atoms with E-state index in [-0.39, 0.29) is 17.1 Å². The molecule has 0 fully saturated rings. The molecule has 1 aromatic carbocycles. The first-order valence-corrected chi connectivity index (χ1v) is 8.68. The number of rotatable bonds is 7. The molecule has 0 saturated carbocycles. The summed E-state index contributed by atoms with van der Waals surface area (Å²) in [5.41, 5.74) is 5.27. The molecule has 28 heavy (non-hydrogen) atoms. The fraction of sp³-hybridized carbons (Fsp3) is 0.263. The standard InChI is InChI=1S/C19H22N4O5/c1-3-4-11-23-16(20)15(17(25)21-19(23)28)22(2)14(24)10-7-12-5-8-13(9-6-12)18(26)27/h5-10H,3-4,11,20H2,1-2H3,(H,26,27)(H,21,25,28). The Bertz CT molecular complexity index is 1020. The summed E-state index contributed by atoms with van der Waals surface area (Å²) in [6.45, 7) is 2.29. The summed E-state index contributed by atoms with van der Waals surface area (Å²) in [7, 11) is 1.38. The molecule has 0 saturated heterocycles. The number of amides is 1. The highest BCUT2D eigenvalue weighted by molar-refractivity contribution is 6.04. The van der Waals surface area contributed by atoms with Gasteiger partial charge in [0.25, 0.3) is 11.5 Å². The summed E-state index contributed by atoms with van der Waals surface area (Å²) < 4.78 is 1.23. The Kier molecular flexibility index (Phi) is 6.54. The summed E-state index contributed by atoms with van der Waals surface area (Å²) in [6.07, 6.45) is 4.25. The van der Waals surface area contributed by atoms with Crippen molar-refractivity contribution in [3.63, 3.8) is 0 Å². The number of carboxylic acids is 1. The van der Waals surface area contributed by atoms with Crippen LogP contribution in [0.1, 0.15) is 35.7 Å². The summed E-state index contributed by atoms with van der Waals surface area (Å²) in [4.78, 5) is 50.7. The van der Waals surface area contributed by atoms with Crippen LogP contribution in [-0.4, -0.2) is 33.6 Å². The van der Waals surface area contributed by atoms with Crippen LogP contribution >= 0.6 is 0 Å². The first-order chi connectivity index (χ1) is 13.3. The highest BCUT2D eigenvalue weighted by atomic mass is 16.4. The van der Waals surface area contributed by atoms with Crippen LogP contribution in [0.25, 0.3) is 6.08 Å². The van der Waals surface area contributed by atoms with Gasteiger partial charge in [-0.3, -0.25) is 19.1 Å². The van der Waals surface area contributed by atoms with E-state index in [0.29, 0.717) is 18.5 Å². The van der Waals surface area contributed by atoms with Crippen molar-refractivity contribution in [3.8, 4) is 0 Å². The van der Waals surface area contributed by atoms with E-state index in [1.807, 2.05) is 6.92 Å². The molecule has 4 N–H and O–H groups in total. The number of carbonyl (C=O) groups is 2. The molecule has 0 aliphatic heterocycles. The van der Waals surface area contributed by atoms with E-state index < -0.39 is 23.1 Å². The SMILES string of the molecule is CCCCn1c(N)c(N(C)C(=O)C=Cc2ccc(C(=O)O)cc2)c(=O)[nH]c1=O. The van der Waals surface area contributed by atoms with E-state index in [9.17, 15) is 19.2 Å². The largest absolute Gasteiger partial charge is 0.478 e. The highest BCUT2D eigenvalue weighted by Crippen LogP contribution is 2.16. The molecule has 0 aliphatic rings. The fourth-order valence-electron chi connectivity index (χ4n) is 2.57. The molecule has 0 atom stereocenters. The van der Waals surface area contributed by atoms with Crippen LogP contribution in [0.2, 0.25) is 0 Å². The zero-order chi connectivity index (χ0) is 20.8. The van der Waals surface area contributed by atoms with E-state index >= 15 is 0 Å². The Morgan fingerprint density at radius 3 is 2.46 bits per heavy atom. The molecule has 1 amide bonds. The third-order valence-corrected chi connectivity index (χ3v) is 4.19. The van der Waals surface area contributed by atoms with Gasteiger partial charge in [0.1, 0.15) is 5.82 Å². The lowest BCUT2D eigenvalue weighted by atomic mass is 10.1. The van der Waals surface area contributed by atoms with Crippen molar-refractivity contribution in [3.05, 3.63) is 62.3 Å². The number of nitrogens with zero attached hydrogens (tertiary/aromatic N) is 2. The smallest absolute Gasteiger partial charge is 0.335 e. The first-order valence-electron chi connectivity index (χ1n) is 8.68. The Balaban J connectivity index is 2.28. The normalized spacial score (nSPS) is 10.9. The predicted octanol–water partition coefficient (Wildman–Crippen LogP) is 1.29. The van der Waals surface area contributed by atoms with Gasteiger partial charge in [-0.1, -0.05) is 25.5 Å². The maximum absolute atomic E-state index is 12.5. The highest BCUT2D eigenvalue weighted by Gasteiger charge is 2.19. The molecule has 2 rings (SSSR count). The Morgan fingerprint density at radius 2 is 1.89 bits per heavy atom. The number of anilines is 2. The van der Waals surface area contributed by atoms with Gasteiger partial charge in [0.2, 0.25) is 0 Å². The molecule has 1 heterocycles. The fourth-order valence-corrected chi connectivity index (χ4v) is 2.57. The number of unbranched alkanes of at least 4 members (excludes halogenated alkanes) is 1. The molecule has 9 nitrogen and oxygen atoms in total. The molecular formula is C19H22N4O5. The minimum Gasteiger partial charge on any atom is -0.478 e. The molecule has 9 heteroatoms. The molecular weight excluding hydrogens is 364 g/mol. The lowest BCUT2D eigenvalue weighted by Crippen LogP contribution is -2.38. The monoisotopic (exact) mass is 386 g/mol. The van der Waals surface area contributed by atoms with E-state index in [0.717, 1.165) is 11.3 Å². The summed E-state index contributed by atoms with van der Waals surface area (Å²) in [5.74, 6) is -1.64. The average Bonchev–Trinajstić information content (AvgIpc) is 2.65. The van der Waals surface area contributed by atoms with Crippen molar-refractivity contribution in [1.82, 2.24) is 9.55 Å². The molecule has 2 aromatic rings. The van der Waals surface area contributed by atoms with Crippen molar-refractivity contribution >= 4 is 29.5 Å². The van der Waals surface area contributed by atoms with Crippen molar-refractivity contribution in [2.45, 2.75) is 26.3 Å². The van der Waals surface area contributed by atoms with Crippen molar-refractivity contribution in [2.75, 3.05) is 17.7 Å². The molecule has 0 aliphatic carbocycles. The van der Waals surface area contributed by atoms with Gasteiger partial charge < -0.3 is 15.7 Å². The van der Waals surface area contributed by atoms with Crippen LogP contribution < -0.4 is 21.9 Å². The topological polar surface area (TPSA) is 138 Å². The second-order valence-electron chi connectivity index (χ2n) is 6.16. The number of likely N-dealkylation sites (N-methyl/N-ethyl adjacent to an activating group) is 1. The number of carboxylic acid groups (broad SMARTS) is 1. The second kappa shape index (κ2) is 8.85. The van der Waals surface area contributed by atoms with Gasteiger partial charge in [-0.25, -0.2) is 9.59 Å². The molecule has 148 valence electrons. The van der Waals surface area contributed by atoms with Gasteiger partial charge in [0, 0.05) is 19.7 Å². The van der Waals surface area contributed by atoms with E-state index in [4.69, 9.17) is 10.8 Å². The van der Waals surface area contributed by atoms with Gasteiger partial charge in [0.15, 0.2) is 5.69 Å². The van der Waals surface area contributed by atoms with Crippen LogP contribution in [0.5, 0.6) is 0 Å². The van der Waals surface area contributed by atoms with Gasteiger partial charge >= 0.3 is 11.7 Å². The maximum Gasteiger partial charge on any atom is 0.335 e. The number of nitrogens with one attached hydrogen (secondary N) is 1. The van der Waals surface area contributed by atoms with Crippen molar-refractivity contribution < 1.29 is 14.7 Å². The van der Waals surface area contributed by atoms with Crippen LogP contribution in [0.3, 0.4) is 0 Å². The maximum atomic E-state index is 12.5. The number of aromatic nitrogens is 2. The van der Waals surface area contributed by atoms with Gasteiger partial charge in [-0.15, -0.1) is 0 Å². The quantitative estimate of drug-likeness (QED) is 0.613.